The van der Waals surface area contributed by atoms with Gasteiger partial charge in [0.25, 0.3) is 0 Å². The van der Waals surface area contributed by atoms with E-state index in [0.29, 0.717) is 12.2 Å². The van der Waals surface area contributed by atoms with Crippen LogP contribution in [0.1, 0.15) is 0 Å². The van der Waals surface area contributed by atoms with Crippen molar-refractivity contribution >= 4 is 12.2 Å². The topological polar surface area (TPSA) is 200 Å². The second kappa shape index (κ2) is 31.0. The Morgan fingerprint density at radius 3 is 1.05 bits per heavy atom. The van der Waals surface area contributed by atoms with Gasteiger partial charge < -0.3 is 45.4 Å². The van der Waals surface area contributed by atoms with Crippen LogP contribution < -0.4 is 32.0 Å². The zero-order valence-electron chi connectivity index (χ0n) is 9.13. The predicted molar refractivity (Wildman–Crippen MR) is 53.3 cm³/mol. The van der Waals surface area contributed by atoms with Crippen LogP contribution >= 0.6 is 0 Å². The quantitative estimate of drug-likeness (QED) is 0.103. The van der Waals surface area contributed by atoms with Crippen molar-refractivity contribution in [3.63, 3.8) is 0 Å². The summed E-state index contributed by atoms with van der Waals surface area (Å²) in [5.41, 5.74) is -3.25. The van der Waals surface area contributed by atoms with E-state index < -0.39 is 17.1 Å². The van der Waals surface area contributed by atoms with Crippen molar-refractivity contribution in [2.75, 3.05) is 0 Å². The molecular formula is C6N6O6Rh3. The van der Waals surface area contributed by atoms with Gasteiger partial charge in [0.1, 0.15) is 0 Å². The van der Waals surface area contributed by atoms with Crippen LogP contribution in [-0.4, -0.2) is 12.2 Å². The molecule has 0 fully saturated rings. The number of aromatic nitrogens is 3. The molecule has 3 radical (unpaired) electrons. The zero-order chi connectivity index (χ0) is 15.0. The summed E-state index contributed by atoms with van der Waals surface area (Å²) in [6.45, 7) is 5.28. The largest absolute Gasteiger partial charge is 2.00 e. The van der Waals surface area contributed by atoms with Gasteiger partial charge >= 0.3 is 58.4 Å². The van der Waals surface area contributed by atoms with E-state index in [4.69, 9.17) is 32.2 Å². The molecule has 1 rings (SSSR count). The second-order valence-electron chi connectivity index (χ2n) is 1.46. The summed E-state index contributed by atoms with van der Waals surface area (Å²) in [6.07, 6.45) is 1.00. The van der Waals surface area contributed by atoms with Gasteiger partial charge in [0.2, 0.25) is 0 Å². The summed E-state index contributed by atoms with van der Waals surface area (Å²) in [7, 11) is 0. The van der Waals surface area contributed by atoms with E-state index in [-0.39, 0.29) is 58.4 Å². The maximum atomic E-state index is 10.0. The second-order valence-corrected chi connectivity index (χ2v) is 1.46. The van der Waals surface area contributed by atoms with Gasteiger partial charge in [0.15, 0.2) is 0 Å². The van der Waals surface area contributed by atoms with Crippen LogP contribution in [0.3, 0.4) is 0 Å². The first-order chi connectivity index (χ1) is 8.42. The van der Waals surface area contributed by atoms with Crippen molar-refractivity contribution in [2.24, 2.45) is 0 Å². The molecule has 12 nitrogen and oxygen atoms in total. The SMILES string of the molecule is O=c1[n-]c(=O)[n-]c(=O)[n-]1.[C-]#[N+][O-].[N-]=C=O.[N-]=C=O.[Rh+2].[Rh+2].[Rh+2]. The minimum Gasteiger partial charge on any atom is -0.724 e. The molecule has 0 aliphatic carbocycles. The summed E-state index contributed by atoms with van der Waals surface area (Å²) >= 11 is 0. The molecule has 0 atom stereocenters. The fourth-order valence-electron chi connectivity index (χ4n) is 0.320. The smallest absolute Gasteiger partial charge is 0.724 e. The molecule has 0 N–H and O–H groups in total. The summed E-state index contributed by atoms with van der Waals surface area (Å²) in [5, 5.41) is 23.2. The molecule has 0 saturated heterocycles. The van der Waals surface area contributed by atoms with Crippen LogP contribution in [0, 0.1) is 11.8 Å². The number of carbonyl (C=O) groups excluding carboxylic acids is 2. The fourth-order valence-corrected chi connectivity index (χ4v) is 0.320. The minimum absolute atomic E-state index is 0. The number of nitrogens with zero attached hydrogens (tertiary/aromatic N) is 6. The summed E-state index contributed by atoms with van der Waals surface area (Å²) in [6, 6.07) is 0. The van der Waals surface area contributed by atoms with Crippen LogP contribution in [0.5, 0.6) is 0 Å². The molecule has 21 heavy (non-hydrogen) atoms. The van der Waals surface area contributed by atoms with E-state index in [1.165, 1.54) is 5.01 Å². The first kappa shape index (κ1) is 36.6. The molecule has 0 saturated carbocycles. The van der Waals surface area contributed by atoms with Crippen LogP contribution in [0.4, 0.5) is 0 Å². The molecule has 0 bridgehead atoms. The molecule has 0 unspecified atom stereocenters. The molecule has 1 aromatic rings. The molecule has 0 aromatic carbocycles. The Morgan fingerprint density at radius 2 is 0.952 bits per heavy atom. The van der Waals surface area contributed by atoms with Crippen molar-refractivity contribution in [3.8, 4) is 0 Å². The average molecular weight is 561 g/mol. The van der Waals surface area contributed by atoms with Gasteiger partial charge in [-0.05, 0) is 29.2 Å². The third-order valence-electron chi connectivity index (χ3n) is 0.574. The van der Waals surface area contributed by atoms with Gasteiger partial charge in [0.05, 0.1) is 0 Å². The summed E-state index contributed by atoms with van der Waals surface area (Å²) in [4.78, 5) is 54.7. The first-order valence-corrected chi connectivity index (χ1v) is 3.22. The maximum absolute atomic E-state index is 10.0. The summed E-state index contributed by atoms with van der Waals surface area (Å²) in [5.74, 6) is 0. The van der Waals surface area contributed by atoms with Crippen molar-refractivity contribution in [1.29, 1.82) is 0 Å². The molecule has 117 valence electrons. The van der Waals surface area contributed by atoms with E-state index in [0.717, 1.165) is 0 Å². The first-order valence-electron chi connectivity index (χ1n) is 3.22. The normalized spacial score (nSPS) is 5.10. The molecule has 0 aliphatic heterocycles. The summed E-state index contributed by atoms with van der Waals surface area (Å²) < 4.78 is 0. The monoisotopic (exact) mass is 561 g/mol. The number of isocyanates is 2. The van der Waals surface area contributed by atoms with Crippen LogP contribution in [0.25, 0.3) is 15.8 Å². The van der Waals surface area contributed by atoms with Crippen molar-refractivity contribution in [3.05, 3.63) is 59.1 Å². The Kier molecular flexibility index (Phi) is 53.9. The Hall–Kier alpha value is -1.67. The van der Waals surface area contributed by atoms with E-state index >= 15 is 0 Å². The molecule has 1 heterocycles. The van der Waals surface area contributed by atoms with E-state index in [1.54, 1.807) is 0 Å². The van der Waals surface area contributed by atoms with Gasteiger partial charge in [-0.1, -0.05) is 0 Å². The molecule has 0 amide bonds. The van der Waals surface area contributed by atoms with Gasteiger partial charge in [0, 0.05) is 0 Å². The predicted octanol–water partition coefficient (Wildman–Crippen LogP) is -3.18. The van der Waals surface area contributed by atoms with Gasteiger partial charge in [-0.15, -0.1) is 0 Å². The van der Waals surface area contributed by atoms with Gasteiger partial charge in [-0.3, -0.25) is 14.6 Å². The molecule has 0 aliphatic rings. The Balaban J connectivity index is -0.0000000406. The Morgan fingerprint density at radius 1 is 0.857 bits per heavy atom. The third-order valence-corrected chi connectivity index (χ3v) is 0.574. The third kappa shape index (κ3) is 45.8. The van der Waals surface area contributed by atoms with E-state index in [9.17, 15) is 14.4 Å². The van der Waals surface area contributed by atoms with Crippen LogP contribution in [-0.2, 0) is 68.0 Å². The number of hydrogen-bond donors (Lipinski definition) is 0. The van der Waals surface area contributed by atoms with E-state index in [1.807, 2.05) is 0 Å². The van der Waals surface area contributed by atoms with Crippen LogP contribution in [0.15, 0.2) is 14.4 Å². The average Bonchev–Trinajstić information content (AvgIpc) is 2.18. The van der Waals surface area contributed by atoms with Crippen molar-refractivity contribution in [1.82, 2.24) is 15.0 Å². The molecular weight excluding hydrogens is 561 g/mol. The standard InChI is InChI=1S/C3H3N3O3.3CNO.3Rh/c7-1-4-2(8)6-3(9)5-1;1-2-3;2*2-1-3;;;/h(H3,4,5,6,7,8,9);;;;;;/q;3*-1;3*+2/p-3. The Bertz CT molecular complexity index is 512. The van der Waals surface area contributed by atoms with Crippen molar-refractivity contribution in [2.45, 2.75) is 0 Å². The Labute approximate surface area is 153 Å². The van der Waals surface area contributed by atoms with E-state index in [2.05, 4.69) is 15.0 Å². The maximum Gasteiger partial charge on any atom is 2.00 e. The zero-order valence-corrected chi connectivity index (χ0v) is 14.0. The number of hydrogen-bond acceptors (Lipinski definition) is 6. The number of rotatable bonds is 0. The molecule has 15 heteroatoms. The fraction of sp³-hybridized carbons (Fsp3) is 0. The molecule has 1 aromatic heterocycles. The molecule has 0 spiro atoms. The van der Waals surface area contributed by atoms with Gasteiger partial charge in [-0.2, -0.15) is 0 Å². The minimum atomic E-state index is -1.08. The van der Waals surface area contributed by atoms with Crippen LogP contribution in [0.2, 0.25) is 0 Å². The van der Waals surface area contributed by atoms with Gasteiger partial charge in [-0.25, -0.2) is 6.57 Å². The van der Waals surface area contributed by atoms with Crippen molar-refractivity contribution < 1.29 is 68.0 Å².